The number of rotatable bonds is 3. The molecule has 0 bridgehead atoms. The Morgan fingerprint density at radius 2 is 1.42 bits per heavy atom. The zero-order valence-corrected chi connectivity index (χ0v) is 17.9. The minimum atomic E-state index is 0.362. The van der Waals surface area contributed by atoms with E-state index >= 15 is 0 Å². The summed E-state index contributed by atoms with van der Waals surface area (Å²) in [6, 6.07) is 20.8. The van der Waals surface area contributed by atoms with Crippen molar-refractivity contribution in [2.45, 2.75) is 13.8 Å². The van der Waals surface area contributed by atoms with Crippen molar-refractivity contribution < 1.29 is 5.11 Å². The fourth-order valence-electron chi connectivity index (χ4n) is 4.29. The number of hydrogen-bond acceptors (Lipinski definition) is 5. The summed E-state index contributed by atoms with van der Waals surface area (Å²) in [6.07, 6.45) is 1.88. The lowest BCUT2D eigenvalue weighted by Crippen LogP contribution is -2.46. The van der Waals surface area contributed by atoms with Crippen molar-refractivity contribution in [2.75, 3.05) is 36.0 Å². The molecule has 5 nitrogen and oxygen atoms in total. The Morgan fingerprint density at radius 3 is 2.13 bits per heavy atom. The highest BCUT2D eigenvalue weighted by Crippen LogP contribution is 2.30. The maximum absolute atomic E-state index is 10.1. The maximum Gasteiger partial charge on any atom is 0.147 e. The fourth-order valence-corrected chi connectivity index (χ4v) is 4.29. The lowest BCUT2D eigenvalue weighted by Gasteiger charge is -2.36. The SMILES string of the molecule is Cc1cc(-c2ccc3ncc(N4CCN(c5ccccc5)CC4)nc3c2)cc(C)c1O. The van der Waals surface area contributed by atoms with Gasteiger partial charge in [-0.05, 0) is 72.5 Å². The number of phenolic OH excluding ortho intramolecular Hbond substituents is 1. The molecule has 0 aliphatic carbocycles. The first-order valence-corrected chi connectivity index (χ1v) is 10.7. The number of hydrogen-bond donors (Lipinski definition) is 1. The topological polar surface area (TPSA) is 52.5 Å². The van der Waals surface area contributed by atoms with Gasteiger partial charge in [-0.25, -0.2) is 4.98 Å². The first-order chi connectivity index (χ1) is 15.1. The molecule has 2 heterocycles. The quantitative estimate of drug-likeness (QED) is 0.518. The molecule has 4 aromatic rings. The van der Waals surface area contributed by atoms with Crippen molar-refractivity contribution in [3.63, 3.8) is 0 Å². The van der Waals surface area contributed by atoms with E-state index in [1.807, 2.05) is 38.2 Å². The average Bonchev–Trinajstić information content (AvgIpc) is 2.82. The predicted molar refractivity (Wildman–Crippen MR) is 127 cm³/mol. The van der Waals surface area contributed by atoms with Gasteiger partial charge >= 0.3 is 0 Å². The number of aromatic hydroxyl groups is 1. The van der Waals surface area contributed by atoms with Crippen molar-refractivity contribution >= 4 is 22.5 Å². The molecule has 1 aromatic heterocycles. The average molecular weight is 411 g/mol. The van der Waals surface area contributed by atoms with Gasteiger partial charge in [0.05, 0.1) is 17.2 Å². The van der Waals surface area contributed by atoms with Crippen LogP contribution in [0.4, 0.5) is 11.5 Å². The van der Waals surface area contributed by atoms with Crippen LogP contribution >= 0.6 is 0 Å². The molecule has 3 aromatic carbocycles. The zero-order valence-electron chi connectivity index (χ0n) is 17.9. The van der Waals surface area contributed by atoms with E-state index in [1.165, 1.54) is 5.69 Å². The molecule has 0 unspecified atom stereocenters. The third-order valence-electron chi connectivity index (χ3n) is 6.08. The van der Waals surface area contributed by atoms with Gasteiger partial charge in [0.2, 0.25) is 0 Å². The third-order valence-corrected chi connectivity index (χ3v) is 6.08. The van der Waals surface area contributed by atoms with Gasteiger partial charge in [0.25, 0.3) is 0 Å². The van der Waals surface area contributed by atoms with Gasteiger partial charge in [-0.1, -0.05) is 24.3 Å². The normalized spacial score (nSPS) is 14.3. The monoisotopic (exact) mass is 410 g/mol. The Kier molecular flexibility index (Phi) is 4.94. The van der Waals surface area contributed by atoms with Crippen LogP contribution in [0, 0.1) is 13.8 Å². The van der Waals surface area contributed by atoms with Crippen molar-refractivity contribution in [3.05, 3.63) is 78.0 Å². The molecular formula is C26H26N4O. The first kappa shape index (κ1) is 19.4. The lowest BCUT2D eigenvalue weighted by molar-refractivity contribution is 0.467. The molecule has 156 valence electrons. The molecule has 1 N–H and O–H groups in total. The number of phenols is 1. The molecule has 0 amide bonds. The molecule has 5 rings (SSSR count). The summed E-state index contributed by atoms with van der Waals surface area (Å²) in [4.78, 5) is 14.3. The lowest BCUT2D eigenvalue weighted by atomic mass is 9.99. The van der Waals surface area contributed by atoms with Crippen LogP contribution in [0.5, 0.6) is 5.75 Å². The Labute approximate surface area is 182 Å². The number of piperazine rings is 1. The highest BCUT2D eigenvalue weighted by molar-refractivity contribution is 5.82. The number of anilines is 2. The van der Waals surface area contributed by atoms with Crippen LogP contribution in [0.2, 0.25) is 0 Å². The molecule has 5 heteroatoms. The van der Waals surface area contributed by atoms with E-state index < -0.39 is 0 Å². The summed E-state index contributed by atoms with van der Waals surface area (Å²) >= 11 is 0. The number of fused-ring (bicyclic) bond motifs is 1. The van der Waals surface area contributed by atoms with Gasteiger partial charge < -0.3 is 14.9 Å². The van der Waals surface area contributed by atoms with Gasteiger partial charge in [-0.3, -0.25) is 4.98 Å². The largest absolute Gasteiger partial charge is 0.507 e. The highest BCUT2D eigenvalue weighted by atomic mass is 16.3. The van der Waals surface area contributed by atoms with Crippen molar-refractivity contribution in [1.29, 1.82) is 0 Å². The smallest absolute Gasteiger partial charge is 0.147 e. The molecule has 1 aliphatic rings. The van der Waals surface area contributed by atoms with Crippen LogP contribution in [-0.4, -0.2) is 41.3 Å². The molecule has 0 radical (unpaired) electrons. The summed E-state index contributed by atoms with van der Waals surface area (Å²) in [6.45, 7) is 7.64. The summed E-state index contributed by atoms with van der Waals surface area (Å²) in [5, 5.41) is 10.1. The zero-order chi connectivity index (χ0) is 21.4. The summed E-state index contributed by atoms with van der Waals surface area (Å²) < 4.78 is 0. The Hall–Kier alpha value is -3.60. The van der Waals surface area contributed by atoms with Crippen LogP contribution < -0.4 is 9.80 Å². The molecule has 0 atom stereocenters. The second kappa shape index (κ2) is 7.91. The molecule has 0 spiro atoms. The van der Waals surface area contributed by atoms with Crippen LogP contribution in [0.25, 0.3) is 22.2 Å². The second-order valence-electron chi connectivity index (χ2n) is 8.20. The number of nitrogens with zero attached hydrogens (tertiary/aromatic N) is 4. The van der Waals surface area contributed by atoms with Gasteiger partial charge in [0, 0.05) is 31.9 Å². The van der Waals surface area contributed by atoms with Gasteiger partial charge in [0.1, 0.15) is 11.6 Å². The number of aromatic nitrogens is 2. The summed E-state index contributed by atoms with van der Waals surface area (Å²) in [7, 11) is 0. The Bertz CT molecular complexity index is 1210. The molecule has 1 saturated heterocycles. The molecular weight excluding hydrogens is 384 g/mol. The Morgan fingerprint density at radius 1 is 0.742 bits per heavy atom. The third kappa shape index (κ3) is 3.79. The predicted octanol–water partition coefficient (Wildman–Crippen LogP) is 4.95. The summed E-state index contributed by atoms with van der Waals surface area (Å²) in [5.74, 6) is 1.29. The minimum Gasteiger partial charge on any atom is -0.507 e. The first-order valence-electron chi connectivity index (χ1n) is 10.7. The summed E-state index contributed by atoms with van der Waals surface area (Å²) in [5.41, 5.74) is 6.98. The van der Waals surface area contributed by atoms with Crippen molar-refractivity contribution in [3.8, 4) is 16.9 Å². The molecule has 31 heavy (non-hydrogen) atoms. The highest BCUT2D eigenvalue weighted by Gasteiger charge is 2.19. The van der Waals surface area contributed by atoms with Gasteiger partial charge in [-0.2, -0.15) is 0 Å². The van der Waals surface area contributed by atoms with E-state index in [0.29, 0.717) is 5.75 Å². The van der Waals surface area contributed by atoms with E-state index in [-0.39, 0.29) is 0 Å². The van der Waals surface area contributed by atoms with Gasteiger partial charge in [0.15, 0.2) is 0 Å². The maximum atomic E-state index is 10.1. The van der Waals surface area contributed by atoms with Crippen LogP contribution in [0.1, 0.15) is 11.1 Å². The van der Waals surface area contributed by atoms with E-state index in [0.717, 1.165) is 65.3 Å². The standard InChI is InChI=1S/C26H26N4O/c1-18-14-21(15-19(2)26(18)31)20-8-9-23-24(16-20)28-25(17-27-23)30-12-10-29(11-13-30)22-6-4-3-5-7-22/h3-9,14-17,31H,10-13H2,1-2H3. The van der Waals surface area contributed by atoms with E-state index in [9.17, 15) is 5.11 Å². The van der Waals surface area contributed by atoms with Crippen molar-refractivity contribution in [1.82, 2.24) is 9.97 Å². The molecule has 1 fully saturated rings. The Balaban J connectivity index is 1.40. The van der Waals surface area contributed by atoms with E-state index in [1.54, 1.807) is 0 Å². The number of benzene rings is 3. The minimum absolute atomic E-state index is 0.362. The number of aryl methyl sites for hydroxylation is 2. The second-order valence-corrected chi connectivity index (χ2v) is 8.20. The van der Waals surface area contributed by atoms with Crippen molar-refractivity contribution in [2.24, 2.45) is 0 Å². The molecule has 1 aliphatic heterocycles. The van der Waals surface area contributed by atoms with Crippen LogP contribution in [0.15, 0.2) is 66.9 Å². The fraction of sp³-hybridized carbons (Fsp3) is 0.231. The van der Waals surface area contributed by atoms with Gasteiger partial charge in [-0.15, -0.1) is 0 Å². The molecule has 0 saturated carbocycles. The van der Waals surface area contributed by atoms with E-state index in [4.69, 9.17) is 4.98 Å². The number of para-hydroxylation sites is 1. The van der Waals surface area contributed by atoms with Crippen LogP contribution in [0.3, 0.4) is 0 Å². The van der Waals surface area contributed by atoms with Crippen LogP contribution in [-0.2, 0) is 0 Å². The van der Waals surface area contributed by atoms with E-state index in [2.05, 4.69) is 57.2 Å².